The number of hydrogen-bond donors (Lipinski definition) is 1. The Kier molecular flexibility index (Phi) is 4.11. The van der Waals surface area contributed by atoms with Gasteiger partial charge in [0.2, 0.25) is 0 Å². The Labute approximate surface area is 91.0 Å². The van der Waals surface area contributed by atoms with E-state index in [0.717, 1.165) is 45.6 Å². The summed E-state index contributed by atoms with van der Waals surface area (Å²) in [6, 6.07) is 0. The van der Waals surface area contributed by atoms with E-state index in [-0.39, 0.29) is 5.92 Å². The van der Waals surface area contributed by atoms with Gasteiger partial charge in [0.15, 0.2) is 5.78 Å². The monoisotopic (exact) mass is 212 g/mol. The Morgan fingerprint density at radius 3 is 3.13 bits per heavy atom. The first-order valence-electron chi connectivity index (χ1n) is 5.90. The van der Waals surface area contributed by atoms with Crippen LogP contribution in [-0.4, -0.2) is 56.6 Å². The highest BCUT2D eigenvalue weighted by Crippen LogP contribution is 2.14. The van der Waals surface area contributed by atoms with Crippen molar-refractivity contribution >= 4 is 5.78 Å². The summed E-state index contributed by atoms with van der Waals surface area (Å²) in [7, 11) is 0. The predicted molar refractivity (Wildman–Crippen MR) is 57.9 cm³/mol. The van der Waals surface area contributed by atoms with E-state index >= 15 is 0 Å². The van der Waals surface area contributed by atoms with E-state index in [0.29, 0.717) is 18.9 Å². The maximum atomic E-state index is 11.9. The lowest BCUT2D eigenvalue weighted by Crippen LogP contribution is -2.35. The third-order valence-electron chi connectivity index (χ3n) is 3.20. The topological polar surface area (TPSA) is 41.6 Å². The zero-order chi connectivity index (χ0) is 10.5. The number of carbonyl (C=O) groups excluding carboxylic acids is 1. The standard InChI is InChI=1S/C11H20N2O2/c14-11(10-2-7-15-9-10)8-13-5-1-3-12-4-6-13/h10,12H,1-9H2. The Hall–Kier alpha value is -0.450. The molecule has 2 aliphatic rings. The van der Waals surface area contributed by atoms with Crippen molar-refractivity contribution in [2.45, 2.75) is 12.8 Å². The molecule has 0 aromatic rings. The molecule has 4 nitrogen and oxygen atoms in total. The first-order valence-corrected chi connectivity index (χ1v) is 5.90. The van der Waals surface area contributed by atoms with Crippen molar-refractivity contribution in [3.63, 3.8) is 0 Å². The molecule has 4 heteroatoms. The van der Waals surface area contributed by atoms with Gasteiger partial charge in [-0.1, -0.05) is 0 Å². The maximum Gasteiger partial charge on any atom is 0.152 e. The zero-order valence-electron chi connectivity index (χ0n) is 9.21. The number of Topliss-reactive ketones (excluding diaryl/α,β-unsaturated/α-hetero) is 1. The molecule has 86 valence electrons. The van der Waals surface area contributed by atoms with Gasteiger partial charge in [-0.05, 0) is 25.9 Å². The zero-order valence-corrected chi connectivity index (χ0v) is 9.21. The minimum atomic E-state index is 0.168. The number of carbonyl (C=O) groups is 1. The highest BCUT2D eigenvalue weighted by atomic mass is 16.5. The summed E-state index contributed by atoms with van der Waals surface area (Å²) in [5.41, 5.74) is 0. The molecular formula is C11H20N2O2. The van der Waals surface area contributed by atoms with Crippen LogP contribution in [0.2, 0.25) is 0 Å². The van der Waals surface area contributed by atoms with Crippen molar-refractivity contribution in [1.82, 2.24) is 10.2 Å². The average molecular weight is 212 g/mol. The molecule has 0 bridgehead atoms. The minimum absolute atomic E-state index is 0.168. The van der Waals surface area contributed by atoms with Gasteiger partial charge in [0.05, 0.1) is 13.2 Å². The van der Waals surface area contributed by atoms with Crippen LogP contribution in [0.15, 0.2) is 0 Å². The highest BCUT2D eigenvalue weighted by molar-refractivity contribution is 5.83. The summed E-state index contributed by atoms with van der Waals surface area (Å²) < 4.78 is 5.24. The molecule has 2 aliphatic heterocycles. The molecule has 0 radical (unpaired) electrons. The molecule has 1 atom stereocenters. The fourth-order valence-corrected chi connectivity index (χ4v) is 2.20. The number of ketones is 1. The molecule has 0 aromatic heterocycles. The molecule has 0 spiro atoms. The number of hydrogen-bond acceptors (Lipinski definition) is 4. The molecule has 2 fully saturated rings. The van der Waals surface area contributed by atoms with Crippen LogP contribution in [0.1, 0.15) is 12.8 Å². The van der Waals surface area contributed by atoms with Crippen molar-refractivity contribution in [2.75, 3.05) is 45.9 Å². The first-order chi connectivity index (χ1) is 7.36. The van der Waals surface area contributed by atoms with Crippen LogP contribution < -0.4 is 5.32 Å². The highest BCUT2D eigenvalue weighted by Gasteiger charge is 2.25. The Bertz CT molecular complexity index is 207. The first kappa shape index (κ1) is 11.0. The third kappa shape index (κ3) is 3.26. The van der Waals surface area contributed by atoms with E-state index in [2.05, 4.69) is 10.2 Å². The molecule has 15 heavy (non-hydrogen) atoms. The van der Waals surface area contributed by atoms with Crippen LogP contribution in [0.3, 0.4) is 0 Å². The van der Waals surface area contributed by atoms with E-state index in [1.165, 1.54) is 0 Å². The van der Waals surface area contributed by atoms with Crippen LogP contribution >= 0.6 is 0 Å². The molecule has 2 rings (SSSR count). The van der Waals surface area contributed by atoms with Crippen molar-refractivity contribution in [3.8, 4) is 0 Å². The Balaban J connectivity index is 1.76. The summed E-state index contributed by atoms with van der Waals surface area (Å²) in [4.78, 5) is 14.1. The van der Waals surface area contributed by atoms with Crippen LogP contribution in [0.4, 0.5) is 0 Å². The molecule has 1 unspecified atom stereocenters. The number of rotatable bonds is 3. The second-order valence-electron chi connectivity index (χ2n) is 4.41. The number of ether oxygens (including phenoxy) is 1. The number of nitrogens with zero attached hydrogens (tertiary/aromatic N) is 1. The second-order valence-corrected chi connectivity index (χ2v) is 4.41. The lowest BCUT2D eigenvalue weighted by Gasteiger charge is -2.19. The minimum Gasteiger partial charge on any atom is -0.381 e. The van der Waals surface area contributed by atoms with E-state index in [1.54, 1.807) is 0 Å². The Morgan fingerprint density at radius 1 is 1.40 bits per heavy atom. The van der Waals surface area contributed by atoms with Gasteiger partial charge in [-0.3, -0.25) is 9.69 Å². The van der Waals surface area contributed by atoms with E-state index in [4.69, 9.17) is 4.74 Å². The molecule has 2 heterocycles. The van der Waals surface area contributed by atoms with Gasteiger partial charge in [0.25, 0.3) is 0 Å². The fourth-order valence-electron chi connectivity index (χ4n) is 2.20. The largest absolute Gasteiger partial charge is 0.381 e. The normalized spacial score (nSPS) is 28.9. The maximum absolute atomic E-state index is 11.9. The van der Waals surface area contributed by atoms with Gasteiger partial charge in [-0.15, -0.1) is 0 Å². The molecule has 0 saturated carbocycles. The van der Waals surface area contributed by atoms with Crippen molar-refractivity contribution in [2.24, 2.45) is 5.92 Å². The van der Waals surface area contributed by atoms with Gasteiger partial charge in [-0.2, -0.15) is 0 Å². The quantitative estimate of drug-likeness (QED) is 0.708. The second kappa shape index (κ2) is 5.58. The summed E-state index contributed by atoms with van der Waals surface area (Å²) in [5.74, 6) is 0.538. The summed E-state index contributed by atoms with van der Waals surface area (Å²) in [5, 5.41) is 3.34. The smallest absolute Gasteiger partial charge is 0.152 e. The van der Waals surface area contributed by atoms with Crippen molar-refractivity contribution in [1.29, 1.82) is 0 Å². The van der Waals surface area contributed by atoms with E-state index in [9.17, 15) is 4.79 Å². The lowest BCUT2D eigenvalue weighted by atomic mass is 10.0. The predicted octanol–water partition coefficient (Wildman–Crippen LogP) is -0.113. The third-order valence-corrected chi connectivity index (χ3v) is 3.20. The SMILES string of the molecule is O=C(CN1CCCNCC1)C1CCOC1. The molecule has 1 N–H and O–H groups in total. The van der Waals surface area contributed by atoms with Crippen molar-refractivity contribution < 1.29 is 9.53 Å². The molecule has 0 amide bonds. The Morgan fingerprint density at radius 2 is 2.33 bits per heavy atom. The molecule has 0 aliphatic carbocycles. The molecular weight excluding hydrogens is 192 g/mol. The van der Waals surface area contributed by atoms with Gasteiger partial charge in [-0.25, -0.2) is 0 Å². The van der Waals surface area contributed by atoms with Crippen molar-refractivity contribution in [3.05, 3.63) is 0 Å². The van der Waals surface area contributed by atoms with Crippen LogP contribution in [0.25, 0.3) is 0 Å². The van der Waals surface area contributed by atoms with Crippen LogP contribution in [-0.2, 0) is 9.53 Å². The molecule has 2 saturated heterocycles. The molecule has 0 aromatic carbocycles. The van der Waals surface area contributed by atoms with E-state index in [1.807, 2.05) is 0 Å². The average Bonchev–Trinajstić information content (AvgIpc) is 2.65. The van der Waals surface area contributed by atoms with Crippen LogP contribution in [0.5, 0.6) is 0 Å². The summed E-state index contributed by atoms with van der Waals surface area (Å²) in [6.07, 6.45) is 2.07. The van der Waals surface area contributed by atoms with E-state index < -0.39 is 0 Å². The van der Waals surface area contributed by atoms with Gasteiger partial charge in [0.1, 0.15) is 0 Å². The fraction of sp³-hybridized carbons (Fsp3) is 0.909. The van der Waals surface area contributed by atoms with Gasteiger partial charge in [0, 0.05) is 25.6 Å². The lowest BCUT2D eigenvalue weighted by molar-refractivity contribution is -0.123. The summed E-state index contributed by atoms with van der Waals surface area (Å²) >= 11 is 0. The number of nitrogens with one attached hydrogen (secondary N) is 1. The van der Waals surface area contributed by atoms with Crippen LogP contribution in [0, 0.1) is 5.92 Å². The van der Waals surface area contributed by atoms with Gasteiger partial charge < -0.3 is 10.1 Å². The van der Waals surface area contributed by atoms with Gasteiger partial charge >= 0.3 is 0 Å². The summed E-state index contributed by atoms with van der Waals surface area (Å²) in [6.45, 7) is 6.16.